The van der Waals surface area contributed by atoms with Crippen LogP contribution in [0.5, 0.6) is 0 Å². The van der Waals surface area contributed by atoms with Gasteiger partial charge in [0.2, 0.25) is 5.91 Å². The van der Waals surface area contributed by atoms with Gasteiger partial charge >= 0.3 is 0 Å². The number of rotatable bonds is 3. The van der Waals surface area contributed by atoms with Crippen molar-refractivity contribution in [2.24, 2.45) is 11.7 Å². The molecule has 86 valence electrons. The van der Waals surface area contributed by atoms with Crippen LogP contribution in [0.2, 0.25) is 0 Å². The lowest BCUT2D eigenvalue weighted by Crippen LogP contribution is -2.40. The summed E-state index contributed by atoms with van der Waals surface area (Å²) in [5.41, 5.74) is 5.67. The van der Waals surface area contributed by atoms with E-state index in [1.807, 2.05) is 13.8 Å². The van der Waals surface area contributed by atoms with Crippen molar-refractivity contribution in [2.75, 3.05) is 6.54 Å². The van der Waals surface area contributed by atoms with Crippen molar-refractivity contribution in [1.82, 2.24) is 4.90 Å². The Bertz CT molecular complexity index is 257. The second-order valence-electron chi connectivity index (χ2n) is 5.87. The van der Waals surface area contributed by atoms with Gasteiger partial charge in [-0.15, -0.1) is 0 Å². The van der Waals surface area contributed by atoms with Crippen LogP contribution in [0.15, 0.2) is 0 Å². The van der Waals surface area contributed by atoms with Crippen LogP contribution in [0, 0.1) is 5.92 Å². The Morgan fingerprint density at radius 3 is 2.67 bits per heavy atom. The van der Waals surface area contributed by atoms with Crippen LogP contribution in [0.3, 0.4) is 0 Å². The minimum absolute atomic E-state index is 0.214. The van der Waals surface area contributed by atoms with Crippen molar-refractivity contribution in [3.63, 3.8) is 0 Å². The minimum Gasteiger partial charge on any atom is -0.339 e. The predicted octanol–water partition coefficient (Wildman–Crippen LogP) is 1.51. The lowest BCUT2D eigenvalue weighted by Gasteiger charge is -2.28. The molecule has 2 bridgehead atoms. The van der Waals surface area contributed by atoms with Crippen LogP contribution in [0.25, 0.3) is 0 Å². The highest BCUT2D eigenvalue weighted by molar-refractivity contribution is 5.77. The van der Waals surface area contributed by atoms with Gasteiger partial charge in [0.15, 0.2) is 0 Å². The van der Waals surface area contributed by atoms with E-state index < -0.39 is 0 Å². The summed E-state index contributed by atoms with van der Waals surface area (Å²) in [4.78, 5) is 14.0. The number of amides is 1. The fraction of sp³-hybridized carbons (Fsp3) is 0.917. The van der Waals surface area contributed by atoms with E-state index in [1.165, 1.54) is 19.3 Å². The first-order valence-electron chi connectivity index (χ1n) is 6.04. The molecular formula is C12H22N2O. The quantitative estimate of drug-likeness (QED) is 0.767. The van der Waals surface area contributed by atoms with E-state index >= 15 is 0 Å². The maximum atomic E-state index is 12.0. The summed E-state index contributed by atoms with van der Waals surface area (Å²) in [6.45, 7) is 4.97. The van der Waals surface area contributed by atoms with E-state index in [1.54, 1.807) is 0 Å². The van der Waals surface area contributed by atoms with Crippen LogP contribution >= 0.6 is 0 Å². The van der Waals surface area contributed by atoms with Crippen LogP contribution in [-0.2, 0) is 4.79 Å². The Balaban J connectivity index is 1.82. The molecule has 1 amide bonds. The van der Waals surface area contributed by atoms with Crippen LogP contribution in [0.1, 0.15) is 46.0 Å². The molecule has 3 heteroatoms. The first-order valence-corrected chi connectivity index (χ1v) is 6.04. The normalized spacial score (nSPS) is 29.9. The van der Waals surface area contributed by atoms with Crippen molar-refractivity contribution in [3.8, 4) is 0 Å². The Morgan fingerprint density at radius 2 is 2.20 bits per heavy atom. The molecule has 15 heavy (non-hydrogen) atoms. The summed E-state index contributed by atoms with van der Waals surface area (Å²) in [7, 11) is 0. The molecule has 0 aromatic heterocycles. The molecule has 2 fully saturated rings. The number of fused-ring (bicyclic) bond motifs is 2. The van der Waals surface area contributed by atoms with Gasteiger partial charge in [-0.3, -0.25) is 4.79 Å². The fourth-order valence-corrected chi connectivity index (χ4v) is 2.80. The van der Waals surface area contributed by atoms with Gasteiger partial charge in [0, 0.05) is 24.5 Å². The maximum absolute atomic E-state index is 12.0. The Labute approximate surface area is 92.0 Å². The Morgan fingerprint density at radius 1 is 1.47 bits per heavy atom. The highest BCUT2D eigenvalue weighted by atomic mass is 16.2. The number of carbonyl (C=O) groups is 1. The van der Waals surface area contributed by atoms with E-state index in [0.717, 1.165) is 18.9 Å². The van der Waals surface area contributed by atoms with Crippen molar-refractivity contribution in [1.29, 1.82) is 0 Å². The van der Waals surface area contributed by atoms with Gasteiger partial charge in [-0.1, -0.05) is 0 Å². The summed E-state index contributed by atoms with van der Waals surface area (Å²) in [6, 6.07) is 0.559. The summed E-state index contributed by atoms with van der Waals surface area (Å²) in [5, 5.41) is 0. The molecule has 1 aliphatic heterocycles. The fourth-order valence-electron chi connectivity index (χ4n) is 2.80. The maximum Gasteiger partial charge on any atom is 0.222 e. The minimum atomic E-state index is -0.214. The number of likely N-dealkylation sites (tertiary alicyclic amines) is 1. The summed E-state index contributed by atoms with van der Waals surface area (Å²) in [6.07, 6.45) is 5.21. The monoisotopic (exact) mass is 210 g/mol. The van der Waals surface area contributed by atoms with Gasteiger partial charge in [-0.2, -0.15) is 0 Å². The average molecular weight is 210 g/mol. The molecule has 0 aromatic rings. The first-order chi connectivity index (χ1) is 6.96. The van der Waals surface area contributed by atoms with E-state index in [-0.39, 0.29) is 5.54 Å². The molecule has 0 radical (unpaired) electrons. The average Bonchev–Trinajstić information content (AvgIpc) is 2.73. The molecule has 2 N–H and O–H groups in total. The molecule has 2 aliphatic rings. The predicted molar refractivity (Wildman–Crippen MR) is 60.3 cm³/mol. The zero-order chi connectivity index (χ0) is 11.1. The van der Waals surface area contributed by atoms with E-state index in [4.69, 9.17) is 5.73 Å². The summed E-state index contributed by atoms with van der Waals surface area (Å²) >= 11 is 0. The van der Waals surface area contributed by atoms with E-state index in [0.29, 0.717) is 18.4 Å². The lowest BCUT2D eigenvalue weighted by atomic mass is 9.99. The van der Waals surface area contributed by atoms with Crippen LogP contribution in [0.4, 0.5) is 0 Å². The van der Waals surface area contributed by atoms with Crippen LogP contribution in [-0.4, -0.2) is 28.9 Å². The van der Waals surface area contributed by atoms with Crippen molar-refractivity contribution < 1.29 is 4.79 Å². The molecule has 0 aromatic carbocycles. The molecule has 1 aliphatic carbocycles. The number of nitrogens with zero attached hydrogens (tertiary/aromatic N) is 1. The van der Waals surface area contributed by atoms with Gasteiger partial charge in [0.25, 0.3) is 0 Å². The lowest BCUT2D eigenvalue weighted by molar-refractivity contribution is -0.133. The number of piperidine rings is 1. The van der Waals surface area contributed by atoms with Crippen LogP contribution < -0.4 is 5.73 Å². The van der Waals surface area contributed by atoms with Crippen molar-refractivity contribution in [3.05, 3.63) is 0 Å². The molecule has 2 atom stereocenters. The van der Waals surface area contributed by atoms with Crippen molar-refractivity contribution in [2.45, 2.75) is 57.5 Å². The first kappa shape index (κ1) is 10.9. The van der Waals surface area contributed by atoms with Gasteiger partial charge in [-0.25, -0.2) is 0 Å². The SMILES string of the molecule is CC(C)(N)CCC(=O)N1CC2CCC1C2. The van der Waals surface area contributed by atoms with Crippen molar-refractivity contribution >= 4 is 5.91 Å². The zero-order valence-electron chi connectivity index (χ0n) is 9.83. The number of hydrogen-bond acceptors (Lipinski definition) is 2. The Hall–Kier alpha value is -0.570. The highest BCUT2D eigenvalue weighted by Gasteiger charge is 2.39. The highest BCUT2D eigenvalue weighted by Crippen LogP contribution is 2.37. The molecule has 2 unspecified atom stereocenters. The Kier molecular flexibility index (Phi) is 2.75. The van der Waals surface area contributed by atoms with E-state index in [9.17, 15) is 4.79 Å². The molecule has 3 nitrogen and oxygen atoms in total. The third-order valence-electron chi connectivity index (χ3n) is 3.71. The van der Waals surface area contributed by atoms with Gasteiger partial charge in [0.1, 0.15) is 0 Å². The summed E-state index contributed by atoms with van der Waals surface area (Å²) < 4.78 is 0. The molecular weight excluding hydrogens is 188 g/mol. The van der Waals surface area contributed by atoms with Gasteiger partial charge in [-0.05, 0) is 45.4 Å². The zero-order valence-corrected chi connectivity index (χ0v) is 9.83. The third kappa shape index (κ3) is 2.51. The van der Waals surface area contributed by atoms with E-state index in [2.05, 4.69) is 4.90 Å². The topological polar surface area (TPSA) is 46.3 Å². The molecule has 1 saturated carbocycles. The largest absolute Gasteiger partial charge is 0.339 e. The molecule has 2 rings (SSSR count). The standard InChI is InChI=1S/C12H22N2O/c1-12(2,13)6-5-11(15)14-8-9-3-4-10(14)7-9/h9-10H,3-8,13H2,1-2H3. The summed E-state index contributed by atoms with van der Waals surface area (Å²) in [5.74, 6) is 1.12. The molecule has 1 saturated heterocycles. The van der Waals surface area contributed by atoms with Gasteiger partial charge in [0.05, 0.1) is 0 Å². The number of hydrogen-bond donors (Lipinski definition) is 1. The molecule has 0 spiro atoms. The smallest absolute Gasteiger partial charge is 0.222 e. The second kappa shape index (κ2) is 3.78. The number of nitrogens with two attached hydrogens (primary N) is 1. The van der Waals surface area contributed by atoms with Gasteiger partial charge < -0.3 is 10.6 Å². The molecule has 1 heterocycles. The third-order valence-corrected chi connectivity index (χ3v) is 3.71. The number of carbonyl (C=O) groups excluding carboxylic acids is 1. The second-order valence-corrected chi connectivity index (χ2v) is 5.87.